The Hall–Kier alpha value is -2.53. The van der Waals surface area contributed by atoms with E-state index in [-0.39, 0.29) is 77.3 Å². The fourth-order valence-electron chi connectivity index (χ4n) is 17.0. The molecule has 8 fully saturated rings. The van der Waals surface area contributed by atoms with Gasteiger partial charge in [0.25, 0.3) is 0 Å². The Bertz CT molecular complexity index is 2250. The van der Waals surface area contributed by atoms with Crippen LogP contribution in [0.5, 0.6) is 0 Å². The third-order valence-electron chi connectivity index (χ3n) is 21.8. The van der Waals surface area contributed by atoms with Gasteiger partial charge < -0.3 is 99.2 Å². The predicted octanol–water partition coefficient (Wildman–Crippen LogP) is -0.214. The van der Waals surface area contributed by atoms with Gasteiger partial charge >= 0.3 is 17.9 Å². The van der Waals surface area contributed by atoms with Crippen LogP contribution in [0.1, 0.15) is 120 Å². The Kier molecular flexibility index (Phi) is 17.4. The molecule has 0 aromatic rings. The average Bonchev–Trinajstić information content (AvgIpc) is 2.98. The number of hydrogen-bond donors (Lipinski definition) is 12. The summed E-state index contributed by atoms with van der Waals surface area (Å²) in [5, 5.41) is 129. The number of hydrogen-bond acceptors (Lipinski definition) is 22. The Morgan fingerprint density at radius 1 is 0.696 bits per heavy atom. The molecule has 23 heteroatoms. The topological polar surface area (TPSA) is 368 Å². The van der Waals surface area contributed by atoms with E-state index in [1.165, 1.54) is 13.8 Å². The maximum Gasteiger partial charge on any atom is 0.311 e. The summed E-state index contributed by atoms with van der Waals surface area (Å²) in [6.07, 6.45) is -19.8. The minimum Gasteiger partial charge on any atom is -0.481 e. The van der Waals surface area contributed by atoms with Crippen LogP contribution in [0, 0.1) is 62.6 Å². The molecule has 23 nitrogen and oxygen atoms in total. The van der Waals surface area contributed by atoms with Crippen LogP contribution >= 0.6 is 0 Å². The van der Waals surface area contributed by atoms with Gasteiger partial charge in [-0.1, -0.05) is 46.3 Å². The maximum atomic E-state index is 14.7. The van der Waals surface area contributed by atoms with Crippen LogP contribution in [0.15, 0.2) is 11.6 Å². The van der Waals surface area contributed by atoms with Crippen LogP contribution in [0.3, 0.4) is 0 Å². The lowest BCUT2D eigenvalue weighted by Gasteiger charge is -2.71. The lowest BCUT2D eigenvalue weighted by molar-refractivity contribution is -0.327. The first-order chi connectivity index (χ1) is 36.9. The van der Waals surface area contributed by atoms with Crippen molar-refractivity contribution in [1.29, 1.82) is 0 Å². The van der Waals surface area contributed by atoms with Gasteiger partial charge in [0.1, 0.15) is 67.1 Å². The van der Waals surface area contributed by atoms with Crippen LogP contribution < -0.4 is 0 Å². The molecule has 0 bridgehead atoms. The van der Waals surface area contributed by atoms with E-state index in [4.69, 9.17) is 37.9 Å². The van der Waals surface area contributed by atoms with Gasteiger partial charge in [-0.15, -0.1) is 0 Å². The molecule has 12 N–H and O–H groups in total. The number of carboxylic acid groups (broad SMARTS) is 1. The Balaban J connectivity index is 0.883. The SMILES string of the molecule is CC(=O)OC1C(OC2CCC3(C)C(CCC4(C)C3CC=C3C5CC(C)(C(=O)O)CC(C(=O)OC6OC(COC7CC(CO)C(OC8OC(C)C(O)C(O)C8O)C(O)C7O)C(O)C(O)C6O)C5CCC34C)C2(C)C)OCC(O)C1O. The van der Waals surface area contributed by atoms with E-state index >= 15 is 0 Å². The number of aliphatic hydroxyl groups is 11. The zero-order valence-electron chi connectivity index (χ0n) is 46.6. The Labute approximate surface area is 460 Å². The highest BCUT2D eigenvalue weighted by Crippen LogP contribution is 2.75. The first-order valence-electron chi connectivity index (χ1n) is 28.5. The number of carbonyl (C=O) groups excluding carboxylic acids is 2. The number of carboxylic acids is 1. The van der Waals surface area contributed by atoms with Crippen molar-refractivity contribution in [3.63, 3.8) is 0 Å². The lowest BCUT2D eigenvalue weighted by Crippen LogP contribution is -2.65. The summed E-state index contributed by atoms with van der Waals surface area (Å²) in [6.45, 7) is 14.5. The summed E-state index contributed by atoms with van der Waals surface area (Å²) in [5.41, 5.74) is -1.36. The normalized spacial score (nSPS) is 52.5. The summed E-state index contributed by atoms with van der Waals surface area (Å²) in [6, 6.07) is 0. The smallest absolute Gasteiger partial charge is 0.311 e. The Morgan fingerprint density at radius 3 is 2.05 bits per heavy atom. The molecule has 0 amide bonds. The van der Waals surface area contributed by atoms with Crippen LogP contribution in [0.2, 0.25) is 0 Å². The maximum absolute atomic E-state index is 14.7. The molecular weight excluding hydrogens is 1040 g/mol. The third-order valence-corrected chi connectivity index (χ3v) is 21.8. The van der Waals surface area contributed by atoms with Crippen molar-refractivity contribution in [3.8, 4) is 0 Å². The molecule has 9 rings (SSSR count). The monoisotopic (exact) mass is 1130 g/mol. The molecule has 0 aromatic carbocycles. The third kappa shape index (κ3) is 10.4. The fourth-order valence-corrected chi connectivity index (χ4v) is 17.0. The van der Waals surface area contributed by atoms with Gasteiger partial charge in [0.2, 0.25) is 6.29 Å². The van der Waals surface area contributed by atoms with Gasteiger partial charge in [-0.3, -0.25) is 14.4 Å². The lowest BCUT2D eigenvalue weighted by atomic mass is 9.34. The highest BCUT2D eigenvalue weighted by molar-refractivity contribution is 5.78. The highest BCUT2D eigenvalue weighted by Gasteiger charge is 2.69. The molecule has 29 unspecified atom stereocenters. The second-order valence-corrected chi connectivity index (χ2v) is 26.6. The molecule has 5 saturated carbocycles. The van der Waals surface area contributed by atoms with Crippen molar-refractivity contribution in [3.05, 3.63) is 11.6 Å². The van der Waals surface area contributed by atoms with Crippen LogP contribution in [-0.2, 0) is 52.3 Å². The molecule has 0 aromatic heterocycles. The van der Waals surface area contributed by atoms with E-state index in [0.717, 1.165) is 31.3 Å². The summed E-state index contributed by atoms with van der Waals surface area (Å²) >= 11 is 0. The number of esters is 2. The van der Waals surface area contributed by atoms with Crippen molar-refractivity contribution in [1.82, 2.24) is 0 Å². The van der Waals surface area contributed by atoms with Crippen molar-refractivity contribution in [2.75, 3.05) is 19.8 Å². The van der Waals surface area contributed by atoms with Gasteiger partial charge in [0.15, 0.2) is 18.7 Å². The number of carbonyl (C=O) groups is 3. The zero-order chi connectivity index (χ0) is 57.8. The number of aliphatic carboxylic acids is 1. The van der Waals surface area contributed by atoms with Crippen LogP contribution in [-0.4, -0.2) is 216 Å². The number of aliphatic hydroxyl groups excluding tert-OH is 11. The minimum atomic E-state index is -1.94. The van der Waals surface area contributed by atoms with E-state index in [1.807, 2.05) is 0 Å². The Morgan fingerprint density at radius 2 is 1.38 bits per heavy atom. The summed E-state index contributed by atoms with van der Waals surface area (Å²) < 4.78 is 47.0. The fraction of sp³-hybridized carbons (Fsp3) is 0.911. The molecule has 9 aliphatic rings. The second kappa shape index (κ2) is 22.5. The number of rotatable bonds is 12. The molecule has 29 atom stereocenters. The first-order valence-corrected chi connectivity index (χ1v) is 28.5. The first kappa shape index (κ1) is 61.0. The molecule has 3 heterocycles. The largest absolute Gasteiger partial charge is 0.481 e. The minimum absolute atomic E-state index is 0.0656. The second-order valence-electron chi connectivity index (χ2n) is 26.6. The predicted molar refractivity (Wildman–Crippen MR) is 270 cm³/mol. The molecule has 6 aliphatic carbocycles. The molecular formula is C56H88O23. The molecule has 0 spiro atoms. The molecule has 3 aliphatic heterocycles. The molecule has 3 saturated heterocycles. The summed E-state index contributed by atoms with van der Waals surface area (Å²) in [4.78, 5) is 40.1. The highest BCUT2D eigenvalue weighted by atomic mass is 16.7. The van der Waals surface area contributed by atoms with Gasteiger partial charge in [0, 0.05) is 19.4 Å². The number of fused-ring (bicyclic) bond motifs is 7. The van der Waals surface area contributed by atoms with Gasteiger partial charge in [-0.2, -0.15) is 0 Å². The van der Waals surface area contributed by atoms with E-state index in [2.05, 4.69) is 40.7 Å². The average molecular weight is 1130 g/mol. The van der Waals surface area contributed by atoms with Crippen molar-refractivity contribution < 1.29 is 114 Å². The van der Waals surface area contributed by atoms with Gasteiger partial charge in [-0.05, 0) is 123 Å². The van der Waals surface area contributed by atoms with Crippen LogP contribution in [0.4, 0.5) is 0 Å². The zero-order valence-corrected chi connectivity index (χ0v) is 46.6. The van der Waals surface area contributed by atoms with E-state index in [9.17, 15) is 75.7 Å². The number of allylic oxidation sites excluding steroid dienone is 2. The van der Waals surface area contributed by atoms with Crippen molar-refractivity contribution >= 4 is 17.9 Å². The van der Waals surface area contributed by atoms with Crippen LogP contribution in [0.25, 0.3) is 0 Å². The van der Waals surface area contributed by atoms with E-state index in [0.29, 0.717) is 19.3 Å². The van der Waals surface area contributed by atoms with Gasteiger partial charge in [-0.25, -0.2) is 0 Å². The molecule has 450 valence electrons. The van der Waals surface area contributed by atoms with E-state index < -0.39 is 159 Å². The summed E-state index contributed by atoms with van der Waals surface area (Å²) in [7, 11) is 0. The van der Waals surface area contributed by atoms with Crippen molar-refractivity contribution in [2.24, 2.45) is 62.6 Å². The molecule has 79 heavy (non-hydrogen) atoms. The number of ether oxygens (including phenoxy) is 8. The summed E-state index contributed by atoms with van der Waals surface area (Å²) in [5.74, 6) is -4.66. The van der Waals surface area contributed by atoms with E-state index in [1.54, 1.807) is 6.92 Å². The molecule has 0 radical (unpaired) electrons. The van der Waals surface area contributed by atoms with Crippen molar-refractivity contribution in [2.45, 2.75) is 236 Å². The standard InChI is InChI=1S/C56H88O23/c1-23-36(60)40(64)43(67)48(74-23)78-45-25(20-57)17-31(38(62)42(45)66)72-22-32-39(63)41(65)44(68)49(76-32)79-47(69)28-19-53(5,51(70)71)18-27-26(28)11-15-55(7)29(27)9-10-34-54(6)14-13-35(52(3,4)33(54)12-16-56(34,55)8)77-50-46(75-24(2)58)37(61)30(59)21-73-50/h9,23,25-28,30-46,48-50,57,59-68H,10-22H2,1-8H3,(H,70,71). The quantitative estimate of drug-likeness (QED) is 0.0683. The van der Waals surface area contributed by atoms with Gasteiger partial charge in [0.05, 0.1) is 49.0 Å².